The van der Waals surface area contributed by atoms with Crippen LogP contribution in [-0.4, -0.2) is 149 Å². The monoisotopic (exact) mass is 2440 g/mol. The van der Waals surface area contributed by atoms with Crippen molar-refractivity contribution in [2.75, 3.05) is 56.9 Å². The van der Waals surface area contributed by atoms with Gasteiger partial charge in [-0.1, -0.05) is 249 Å². The van der Waals surface area contributed by atoms with Crippen LogP contribution in [0.1, 0.15) is 119 Å². The summed E-state index contributed by atoms with van der Waals surface area (Å²) in [7, 11) is -3.00. The topological polar surface area (TPSA) is 304 Å². The molecule has 0 amide bonds. The quantitative estimate of drug-likeness (QED) is 0.0277. The smallest absolute Gasteiger partial charge is 0.220 e. The molecule has 8 atom stereocenters. The van der Waals surface area contributed by atoms with E-state index in [0.717, 1.165) is 62.4 Å². The predicted molar refractivity (Wildman–Crippen MR) is 562 cm³/mol. The third-order valence-corrected chi connectivity index (χ3v) is 35.8. The van der Waals surface area contributed by atoms with Crippen molar-refractivity contribution in [2.45, 2.75) is 125 Å². The number of halogens is 8. The summed E-state index contributed by atoms with van der Waals surface area (Å²) in [5.74, 6) is 5.53. The SMILES string of the molecule is COc1ccc(CN(Cc2ccc(OC)cc2)S(=O)(=O)[C@@H](C)[C@@H](O)c2ccc(Br)cc2Br)cc1.COc1ccc(CN(Cc2ccc(OC)cc2)S(=O)(=O)[C@@H](C)[C@H](O)c2ccc(Br)cc2Br)cc1.COc1ccc(CN(Cc2ccc(OC)cc2)S(=O)(=O)[C@H](C)[C@@H](O)c2ccc(Br)cc2Br)cc1.COc1ccc(CN(Cc2ccc(OC)cc2)S(=O)(=O)[C@H](C)[C@H](O)c2ccc(Br)cc2Br)cc1. The van der Waals surface area contributed by atoms with Crippen molar-refractivity contribution in [1.82, 2.24) is 17.2 Å². The fraction of sp³-hybridized carbons (Fsp3) is 0.280. The molecule has 728 valence electrons. The van der Waals surface area contributed by atoms with E-state index in [1.54, 1.807) is 227 Å². The van der Waals surface area contributed by atoms with Crippen LogP contribution in [0.5, 0.6) is 46.0 Å². The Bertz CT molecular complexity index is 5380. The molecule has 12 aromatic carbocycles. The van der Waals surface area contributed by atoms with Gasteiger partial charge in [0, 0.05) is 88.1 Å². The maximum absolute atomic E-state index is 13.8. The van der Waals surface area contributed by atoms with Crippen LogP contribution < -0.4 is 37.9 Å². The zero-order valence-corrected chi connectivity index (χ0v) is 92.4. The van der Waals surface area contributed by atoms with E-state index in [0.29, 0.717) is 86.1 Å². The van der Waals surface area contributed by atoms with Gasteiger partial charge in [0.2, 0.25) is 40.1 Å². The lowest BCUT2D eigenvalue weighted by molar-refractivity contribution is 0.171. The number of rotatable bonds is 40. The normalized spacial score (nSPS) is 13.5. The Hall–Kier alpha value is -7.64. The van der Waals surface area contributed by atoms with E-state index in [1.807, 2.05) is 97.1 Å². The molecule has 36 heteroatoms. The second-order valence-electron chi connectivity index (χ2n) is 31.3. The molecule has 0 aliphatic heterocycles. The fourth-order valence-corrected chi connectivity index (χ4v) is 25.5. The number of methoxy groups -OCH3 is 8. The van der Waals surface area contributed by atoms with Crippen molar-refractivity contribution >= 4 is 168 Å². The molecule has 136 heavy (non-hydrogen) atoms. The van der Waals surface area contributed by atoms with Crippen LogP contribution >= 0.6 is 127 Å². The highest BCUT2D eigenvalue weighted by molar-refractivity contribution is 9.12. The van der Waals surface area contributed by atoms with E-state index in [2.05, 4.69) is 127 Å². The molecule has 0 heterocycles. The highest BCUT2D eigenvalue weighted by atomic mass is 79.9. The van der Waals surface area contributed by atoms with E-state index in [-0.39, 0.29) is 52.4 Å². The second-order valence-corrected chi connectivity index (χ2v) is 47.5. The first-order valence-corrected chi connectivity index (χ1v) is 54.5. The van der Waals surface area contributed by atoms with Gasteiger partial charge in [-0.15, -0.1) is 0 Å². The number of ether oxygens (including phenoxy) is 8. The summed E-state index contributed by atoms with van der Waals surface area (Å²) in [5.41, 5.74) is 8.51. The van der Waals surface area contributed by atoms with Crippen molar-refractivity contribution < 1.29 is 92.0 Å². The van der Waals surface area contributed by atoms with E-state index in [1.165, 1.54) is 44.9 Å². The summed E-state index contributed by atoms with van der Waals surface area (Å²) in [4.78, 5) is 0. The number of hydrogen-bond acceptors (Lipinski definition) is 20. The summed E-state index contributed by atoms with van der Waals surface area (Å²) >= 11 is 27.3. The zero-order valence-electron chi connectivity index (χ0n) is 76.4. The number of nitrogens with zero attached hydrogens (tertiary/aromatic N) is 4. The molecule has 0 fully saturated rings. The minimum Gasteiger partial charge on any atom is -0.497 e. The summed E-state index contributed by atoms with van der Waals surface area (Å²) in [5, 5.41) is 39.8. The minimum absolute atomic E-state index is 0.150. The van der Waals surface area contributed by atoms with Gasteiger partial charge in [0.05, 0.1) is 81.3 Å². The molecule has 4 N–H and O–H groups in total. The van der Waals surface area contributed by atoms with Gasteiger partial charge in [-0.25, -0.2) is 33.7 Å². The molecule has 24 nitrogen and oxygen atoms in total. The van der Waals surface area contributed by atoms with Crippen LogP contribution in [0, 0.1) is 0 Å². The Balaban J connectivity index is 0.000000203. The number of aliphatic hydroxyl groups is 4. The maximum atomic E-state index is 13.8. The first-order chi connectivity index (χ1) is 64.6. The van der Waals surface area contributed by atoms with Gasteiger partial charge in [0.1, 0.15) is 67.0 Å². The molecule has 0 aromatic heterocycles. The van der Waals surface area contributed by atoms with Crippen LogP contribution in [0.2, 0.25) is 0 Å². The average molecular weight is 2450 g/mol. The zero-order chi connectivity index (χ0) is 99.5. The average Bonchev–Trinajstić information content (AvgIpc) is 0.800. The third-order valence-electron chi connectivity index (χ3n) is 22.4. The van der Waals surface area contributed by atoms with E-state index in [4.69, 9.17) is 37.9 Å². The number of benzene rings is 12. The third kappa shape index (κ3) is 31.2. The molecule has 0 saturated heterocycles. The molecule has 0 saturated carbocycles. The molecule has 12 rings (SSSR count). The van der Waals surface area contributed by atoms with Crippen LogP contribution in [0.3, 0.4) is 0 Å². The lowest BCUT2D eigenvalue weighted by Gasteiger charge is -2.29. The Labute approximate surface area is 865 Å². The summed E-state index contributed by atoms with van der Waals surface area (Å²) in [6.45, 7) is 7.32. The largest absolute Gasteiger partial charge is 0.497 e. The fourth-order valence-electron chi connectivity index (χ4n) is 14.0. The van der Waals surface area contributed by atoms with Crippen molar-refractivity contribution in [3.63, 3.8) is 0 Å². The summed E-state index contributed by atoms with van der Waals surface area (Å²) in [6.07, 6.45) is -4.88. The van der Waals surface area contributed by atoms with Gasteiger partial charge in [0.25, 0.3) is 0 Å². The van der Waals surface area contributed by atoms with Gasteiger partial charge >= 0.3 is 0 Å². The van der Waals surface area contributed by atoms with Crippen molar-refractivity contribution in [3.8, 4) is 46.0 Å². The van der Waals surface area contributed by atoms with Crippen LogP contribution in [0.25, 0.3) is 0 Å². The van der Waals surface area contributed by atoms with Gasteiger partial charge in [0.15, 0.2) is 0 Å². The predicted octanol–water partition coefficient (Wildman–Crippen LogP) is 22.7. The highest BCUT2D eigenvalue weighted by Crippen LogP contribution is 2.40. The summed E-state index contributed by atoms with van der Waals surface area (Å²) < 4.78 is 163. The molecule has 0 radical (unpaired) electrons. The minimum atomic E-state index is -3.91. The van der Waals surface area contributed by atoms with Crippen LogP contribution in [-0.2, 0) is 92.5 Å². The van der Waals surface area contributed by atoms with Gasteiger partial charge < -0.3 is 58.3 Å². The van der Waals surface area contributed by atoms with E-state index in [9.17, 15) is 54.1 Å². The maximum Gasteiger partial charge on any atom is 0.220 e. The number of aliphatic hydroxyl groups excluding tert-OH is 4. The Kier molecular flexibility index (Phi) is 43.4. The molecular formula is C100H108Br8N4O20S4. The van der Waals surface area contributed by atoms with Crippen molar-refractivity contribution in [2.24, 2.45) is 0 Å². The van der Waals surface area contributed by atoms with Gasteiger partial charge in [-0.2, -0.15) is 17.2 Å². The van der Waals surface area contributed by atoms with E-state index < -0.39 is 85.5 Å². The first kappa shape index (κ1) is 112. The molecule has 12 aromatic rings. The molecule has 0 aliphatic carbocycles. The van der Waals surface area contributed by atoms with Gasteiger partial charge in [-0.05, 0) is 240 Å². The first-order valence-electron chi connectivity index (χ1n) is 42.1. The standard InChI is InChI=1S/4C25H27Br2NO5S/c4*1-17(25(29)23-13-8-20(26)14-24(23)27)34(30,31)28(15-18-4-9-21(32-2)10-5-18)16-19-6-11-22(33-3)12-7-19/h4*4-14,17,25,29H,15-16H2,1-3H3/t2*17-,25+;2*17-,25-/m1010/s1. The van der Waals surface area contributed by atoms with Gasteiger partial charge in [-0.3, -0.25) is 0 Å². The molecule has 0 bridgehead atoms. The highest BCUT2D eigenvalue weighted by Gasteiger charge is 2.41. The Morgan fingerprint density at radius 1 is 0.213 bits per heavy atom. The Morgan fingerprint density at radius 3 is 0.434 bits per heavy atom. The second kappa shape index (κ2) is 52.7. The van der Waals surface area contributed by atoms with Crippen molar-refractivity contribution in [1.29, 1.82) is 0 Å². The number of sulfonamides is 4. The molecule has 0 spiro atoms. The molecular weight excluding hydrogens is 2340 g/mol. The molecule has 0 unspecified atom stereocenters. The summed E-state index contributed by atoms with van der Waals surface area (Å²) in [6, 6.07) is 79.2. The number of hydrogen-bond donors (Lipinski definition) is 4. The molecule has 0 aliphatic rings. The lowest BCUT2D eigenvalue weighted by Crippen LogP contribution is -2.39. The van der Waals surface area contributed by atoms with Crippen molar-refractivity contribution in [3.05, 3.63) is 369 Å². The van der Waals surface area contributed by atoms with E-state index >= 15 is 0 Å². The van der Waals surface area contributed by atoms with Crippen LogP contribution in [0.4, 0.5) is 0 Å². The Morgan fingerprint density at radius 2 is 0.331 bits per heavy atom. The van der Waals surface area contributed by atoms with Crippen LogP contribution in [0.15, 0.2) is 303 Å². The lowest BCUT2D eigenvalue weighted by atomic mass is 10.1.